The van der Waals surface area contributed by atoms with Crippen LogP contribution in [0.3, 0.4) is 0 Å². The first-order chi connectivity index (χ1) is 10.4. The van der Waals surface area contributed by atoms with Crippen LogP contribution in [0.5, 0.6) is 0 Å². The average molecular weight is 354 g/mol. The molecule has 8 heteroatoms. The number of rotatable bonds is 3. The van der Waals surface area contributed by atoms with Crippen LogP contribution < -0.4 is 4.78 Å². The molecule has 0 unspecified atom stereocenters. The third kappa shape index (κ3) is 2.48. The third-order valence-corrected chi connectivity index (χ3v) is 7.02. The Morgan fingerprint density at radius 2 is 2.09 bits per heavy atom. The second-order valence-corrected chi connectivity index (χ2v) is 8.23. The zero-order valence-corrected chi connectivity index (χ0v) is 14.1. The molecule has 0 saturated carbocycles. The fraction of sp³-hybridized carbons (Fsp3) is 0.143. The van der Waals surface area contributed by atoms with Crippen LogP contribution in [0.15, 0.2) is 41.4 Å². The Balaban J connectivity index is 2.05. The molecule has 114 valence electrons. The summed E-state index contributed by atoms with van der Waals surface area (Å²) >= 11 is 7.42. The molecule has 1 aliphatic rings. The fourth-order valence-electron chi connectivity index (χ4n) is 2.31. The molecule has 1 aromatic heterocycles. The van der Waals surface area contributed by atoms with E-state index in [0.29, 0.717) is 4.78 Å². The molecule has 0 fully saturated rings. The summed E-state index contributed by atoms with van der Waals surface area (Å²) in [5.41, 5.74) is 0.861. The minimum Gasteiger partial charge on any atom is -0.427 e. The van der Waals surface area contributed by atoms with Crippen molar-refractivity contribution < 1.29 is 13.4 Å². The first kappa shape index (κ1) is 15.6. The van der Waals surface area contributed by atoms with Crippen LogP contribution >= 0.6 is 22.9 Å². The lowest BCUT2D eigenvalue weighted by molar-refractivity contribution is 0.512. The van der Waals surface area contributed by atoms with Gasteiger partial charge in [-0.15, -0.1) is 11.3 Å². The first-order valence-electron chi connectivity index (χ1n) is 6.72. The predicted octanol–water partition coefficient (Wildman–Crippen LogP) is 2.33. The van der Waals surface area contributed by atoms with Gasteiger partial charge in [0.2, 0.25) is 0 Å². The molecule has 3 rings (SSSR count). The van der Waals surface area contributed by atoms with E-state index in [1.807, 2.05) is 13.0 Å². The van der Waals surface area contributed by atoms with Gasteiger partial charge in [-0.05, 0) is 36.3 Å². The molecule has 0 atom stereocenters. The van der Waals surface area contributed by atoms with Gasteiger partial charge in [0, 0.05) is 15.9 Å². The second-order valence-electron chi connectivity index (χ2n) is 4.84. The fourth-order valence-corrected chi connectivity index (χ4v) is 5.26. The summed E-state index contributed by atoms with van der Waals surface area (Å²) in [6.07, 6.45) is 3.93. The summed E-state index contributed by atoms with van der Waals surface area (Å²) in [6.45, 7) is 2.02. The Kier molecular flexibility index (Phi) is 4.07. The number of sulfonamides is 1. The lowest BCUT2D eigenvalue weighted by Gasteiger charge is -2.26. The van der Waals surface area contributed by atoms with Crippen molar-refractivity contribution in [1.82, 2.24) is 4.22 Å². The summed E-state index contributed by atoms with van der Waals surface area (Å²) in [4.78, 5) is 1.08. The molecule has 4 nitrogen and oxygen atoms in total. The highest BCUT2D eigenvalue weighted by Gasteiger charge is 2.38. The minimum atomic E-state index is -3.91. The molecule has 2 aromatic rings. The van der Waals surface area contributed by atoms with Crippen LogP contribution in [0.25, 0.3) is 6.08 Å². The van der Waals surface area contributed by atoms with Gasteiger partial charge in [-0.25, -0.2) is 8.42 Å². The van der Waals surface area contributed by atoms with E-state index in [1.165, 1.54) is 29.7 Å². The maximum Gasteiger partial charge on any atom is 0.474 e. The zero-order valence-electron chi connectivity index (χ0n) is 11.7. The monoisotopic (exact) mass is 353 g/mol. The van der Waals surface area contributed by atoms with Crippen LogP contribution in [-0.4, -0.2) is 24.7 Å². The second kappa shape index (κ2) is 5.74. The number of nitrogens with zero attached hydrogens (tertiary/aromatic N) is 1. The molecular weight excluding hydrogens is 341 g/mol. The Bertz CT molecular complexity index is 848. The molecule has 0 aliphatic carbocycles. The maximum absolute atomic E-state index is 12.7. The topological polar surface area (TPSA) is 57.6 Å². The molecule has 0 bridgehead atoms. The van der Waals surface area contributed by atoms with Crippen LogP contribution in [0.4, 0.5) is 0 Å². The van der Waals surface area contributed by atoms with Gasteiger partial charge in [0.25, 0.3) is 10.0 Å². The number of fused-ring (bicyclic) bond motifs is 1. The van der Waals surface area contributed by atoms with E-state index in [9.17, 15) is 13.4 Å². The van der Waals surface area contributed by atoms with E-state index in [1.54, 1.807) is 18.2 Å². The molecule has 22 heavy (non-hydrogen) atoms. The number of benzene rings is 1. The van der Waals surface area contributed by atoms with Crippen molar-refractivity contribution in [3.05, 3.63) is 52.0 Å². The standard InChI is InChI=1S/C14H13BClNO3S2/c1-2-11-9-10-7-8-17(15(18)14(10)21-11)22(19,20)13-6-4-3-5-12(13)16/h3-9,18H,2H2,1H3. The Labute approximate surface area is 138 Å². The van der Waals surface area contributed by atoms with Crippen molar-refractivity contribution in [2.24, 2.45) is 0 Å². The molecule has 0 radical (unpaired) electrons. The van der Waals surface area contributed by atoms with Crippen molar-refractivity contribution in [3.8, 4) is 0 Å². The largest absolute Gasteiger partial charge is 0.474 e. The quantitative estimate of drug-likeness (QED) is 0.862. The van der Waals surface area contributed by atoms with Gasteiger partial charge in [-0.3, -0.25) is 4.22 Å². The van der Waals surface area contributed by atoms with E-state index < -0.39 is 17.1 Å². The summed E-state index contributed by atoms with van der Waals surface area (Å²) in [5, 5.41) is 10.6. The van der Waals surface area contributed by atoms with E-state index >= 15 is 0 Å². The van der Waals surface area contributed by atoms with Gasteiger partial charge in [0.1, 0.15) is 4.90 Å². The van der Waals surface area contributed by atoms with Gasteiger partial charge >= 0.3 is 7.05 Å². The Morgan fingerprint density at radius 3 is 2.77 bits per heavy atom. The average Bonchev–Trinajstić information content (AvgIpc) is 2.92. The third-order valence-electron chi connectivity index (χ3n) is 3.46. The van der Waals surface area contributed by atoms with Gasteiger partial charge in [-0.1, -0.05) is 30.7 Å². The Morgan fingerprint density at radius 1 is 1.36 bits per heavy atom. The minimum absolute atomic E-state index is 0.0175. The number of thiophene rings is 1. The van der Waals surface area contributed by atoms with Gasteiger partial charge < -0.3 is 5.02 Å². The summed E-state index contributed by atoms with van der Waals surface area (Å²) in [5.74, 6) is 0. The molecule has 0 saturated heterocycles. The van der Waals surface area contributed by atoms with Gasteiger partial charge in [-0.2, -0.15) is 0 Å². The lowest BCUT2D eigenvalue weighted by Crippen LogP contribution is -2.49. The molecule has 0 spiro atoms. The van der Waals surface area contributed by atoms with Crippen LogP contribution in [-0.2, 0) is 16.4 Å². The van der Waals surface area contributed by atoms with E-state index in [2.05, 4.69) is 0 Å². The number of halogens is 1. The highest BCUT2D eigenvalue weighted by molar-refractivity contribution is 7.90. The van der Waals surface area contributed by atoms with Crippen LogP contribution in [0.1, 0.15) is 17.4 Å². The molecule has 1 aromatic carbocycles. The molecule has 1 N–H and O–H groups in total. The van der Waals surface area contributed by atoms with Crippen molar-refractivity contribution in [1.29, 1.82) is 0 Å². The molecule has 2 heterocycles. The predicted molar refractivity (Wildman–Crippen MR) is 90.8 cm³/mol. The highest BCUT2D eigenvalue weighted by Crippen LogP contribution is 2.28. The zero-order chi connectivity index (χ0) is 15.9. The number of aryl methyl sites for hydroxylation is 1. The van der Waals surface area contributed by atoms with Crippen LogP contribution in [0.2, 0.25) is 5.02 Å². The summed E-state index contributed by atoms with van der Waals surface area (Å²) in [7, 11) is -5.14. The number of hydrogen-bond acceptors (Lipinski definition) is 4. The van der Waals surface area contributed by atoms with Gasteiger partial charge in [0.05, 0.1) is 5.02 Å². The molecular formula is C14H13BClNO3S2. The number of hydrogen-bond donors (Lipinski definition) is 1. The smallest absolute Gasteiger partial charge is 0.427 e. The Hall–Kier alpha value is -1.28. The first-order valence-corrected chi connectivity index (χ1v) is 9.35. The van der Waals surface area contributed by atoms with E-state index in [-0.39, 0.29) is 9.92 Å². The van der Waals surface area contributed by atoms with Crippen molar-refractivity contribution in [3.63, 3.8) is 0 Å². The van der Waals surface area contributed by atoms with Crippen molar-refractivity contribution in [2.45, 2.75) is 18.2 Å². The van der Waals surface area contributed by atoms with Crippen molar-refractivity contribution in [2.75, 3.05) is 0 Å². The van der Waals surface area contributed by atoms with E-state index in [4.69, 9.17) is 11.6 Å². The SMILES string of the molecule is CCc1cc2c(s1)B(O)N(S(=O)(=O)c1ccccc1Cl)C=C2. The summed E-state index contributed by atoms with van der Waals surface area (Å²) in [6, 6.07) is 8.18. The molecule has 0 amide bonds. The van der Waals surface area contributed by atoms with E-state index in [0.717, 1.165) is 21.1 Å². The maximum atomic E-state index is 12.7. The van der Waals surface area contributed by atoms with Crippen molar-refractivity contribution >= 4 is 50.9 Å². The normalized spacial score (nSPS) is 14.3. The lowest BCUT2D eigenvalue weighted by atomic mass is 9.77. The molecule has 1 aliphatic heterocycles. The summed E-state index contributed by atoms with van der Waals surface area (Å²) < 4.78 is 27.1. The highest BCUT2D eigenvalue weighted by atomic mass is 35.5. The van der Waals surface area contributed by atoms with Gasteiger partial charge in [0.15, 0.2) is 0 Å². The van der Waals surface area contributed by atoms with Crippen LogP contribution in [0, 0.1) is 0 Å².